The summed E-state index contributed by atoms with van der Waals surface area (Å²) < 4.78 is 0. The van der Waals surface area contributed by atoms with Crippen LogP contribution in [0.2, 0.25) is 0 Å². The van der Waals surface area contributed by atoms with E-state index in [4.69, 9.17) is 0 Å². The van der Waals surface area contributed by atoms with Crippen LogP contribution < -0.4 is 4.90 Å². The van der Waals surface area contributed by atoms with Crippen molar-refractivity contribution in [3.8, 4) is 0 Å². The molecule has 1 aromatic rings. The molecule has 1 aromatic carbocycles. The van der Waals surface area contributed by atoms with Crippen molar-refractivity contribution in [3.05, 3.63) is 29.3 Å². The average Bonchev–Trinajstić information content (AvgIpc) is 2.31. The highest BCUT2D eigenvalue weighted by Gasteiger charge is 2.15. The van der Waals surface area contributed by atoms with Crippen molar-refractivity contribution in [2.24, 2.45) is 0 Å². The van der Waals surface area contributed by atoms with Gasteiger partial charge in [0.05, 0.1) is 0 Å². The van der Waals surface area contributed by atoms with Crippen LogP contribution in [0.4, 0.5) is 5.69 Å². The summed E-state index contributed by atoms with van der Waals surface area (Å²) in [6.07, 6.45) is 3.71. The number of fused-ring (bicyclic) bond motifs is 1. The maximum atomic E-state index is 2.40. The number of aryl methyl sites for hydroxylation is 2. The highest BCUT2D eigenvalue weighted by molar-refractivity contribution is 5.60. The van der Waals surface area contributed by atoms with Gasteiger partial charge in [-0.25, -0.2) is 0 Å². The van der Waals surface area contributed by atoms with Crippen molar-refractivity contribution in [2.75, 3.05) is 18.5 Å². The van der Waals surface area contributed by atoms with Gasteiger partial charge in [-0.05, 0) is 30.4 Å². The summed E-state index contributed by atoms with van der Waals surface area (Å²) in [4.78, 5) is 2.40. The molecule has 1 heteroatoms. The highest BCUT2D eigenvalue weighted by Crippen LogP contribution is 2.29. The molecule has 0 saturated heterocycles. The van der Waals surface area contributed by atoms with Gasteiger partial charge in [0.1, 0.15) is 0 Å². The molecule has 1 aliphatic rings. The smallest absolute Gasteiger partial charge is 0.0428 e. The number of hydrogen-bond acceptors (Lipinski definition) is 1. The van der Waals surface area contributed by atoms with Crippen LogP contribution in [0.5, 0.6) is 0 Å². The summed E-state index contributed by atoms with van der Waals surface area (Å²) in [5.41, 5.74) is 4.53. The maximum Gasteiger partial charge on any atom is 0.0428 e. The van der Waals surface area contributed by atoms with Crippen LogP contribution in [0.25, 0.3) is 0 Å². The lowest BCUT2D eigenvalue weighted by atomic mass is 9.97. The Balaban J connectivity index is 0.000000531. The first kappa shape index (κ1) is 12.1. The normalized spacial score (nSPS) is 14.0. The molecule has 0 amide bonds. The molecule has 1 nitrogen and oxygen atoms in total. The third-order valence-corrected chi connectivity index (χ3v) is 2.91. The standard InChI is InChI=1S/C12H17N.C2H6/c1-3-10-6-4-7-11-8-5-9-13(2)12(10)11;1-2/h4,6-7H,3,5,8-9H2,1-2H3;1-2H3. The fourth-order valence-electron chi connectivity index (χ4n) is 2.24. The average molecular weight is 205 g/mol. The number of hydrogen-bond donors (Lipinski definition) is 0. The second kappa shape index (κ2) is 5.79. The Labute approximate surface area is 94.1 Å². The zero-order valence-corrected chi connectivity index (χ0v) is 10.5. The Morgan fingerprint density at radius 2 is 2.00 bits per heavy atom. The van der Waals surface area contributed by atoms with Crippen LogP contribution in [0.3, 0.4) is 0 Å². The lowest BCUT2D eigenvalue weighted by Crippen LogP contribution is -2.25. The van der Waals surface area contributed by atoms with E-state index < -0.39 is 0 Å². The quantitative estimate of drug-likeness (QED) is 0.676. The first-order valence-electron chi connectivity index (χ1n) is 6.15. The lowest BCUT2D eigenvalue weighted by molar-refractivity contribution is 0.739. The summed E-state index contributed by atoms with van der Waals surface area (Å²) in [5, 5.41) is 0. The zero-order chi connectivity index (χ0) is 11.3. The Kier molecular flexibility index (Phi) is 4.67. The van der Waals surface area contributed by atoms with Crippen molar-refractivity contribution in [1.82, 2.24) is 0 Å². The molecule has 0 radical (unpaired) electrons. The molecule has 15 heavy (non-hydrogen) atoms. The highest BCUT2D eigenvalue weighted by atomic mass is 15.1. The van der Waals surface area contributed by atoms with Gasteiger partial charge in [0.15, 0.2) is 0 Å². The Morgan fingerprint density at radius 3 is 2.67 bits per heavy atom. The topological polar surface area (TPSA) is 3.24 Å². The molecule has 0 spiro atoms. The minimum absolute atomic E-state index is 1.15. The molecule has 0 fully saturated rings. The SMILES string of the molecule is CC.CCc1cccc2c1N(C)CCC2. The fourth-order valence-corrected chi connectivity index (χ4v) is 2.24. The molecular weight excluding hydrogens is 182 g/mol. The van der Waals surface area contributed by atoms with Crippen LogP contribution in [0, 0.1) is 0 Å². The molecule has 1 heterocycles. The van der Waals surface area contributed by atoms with E-state index in [2.05, 4.69) is 37.1 Å². The van der Waals surface area contributed by atoms with Crippen LogP contribution in [0.15, 0.2) is 18.2 Å². The number of para-hydroxylation sites is 1. The third-order valence-electron chi connectivity index (χ3n) is 2.91. The van der Waals surface area contributed by atoms with E-state index in [1.54, 1.807) is 0 Å². The van der Waals surface area contributed by atoms with E-state index in [-0.39, 0.29) is 0 Å². The Morgan fingerprint density at radius 1 is 1.27 bits per heavy atom. The first-order valence-corrected chi connectivity index (χ1v) is 6.15. The fraction of sp³-hybridized carbons (Fsp3) is 0.571. The minimum atomic E-state index is 1.15. The van der Waals surface area contributed by atoms with Gasteiger partial charge in [0.2, 0.25) is 0 Å². The molecule has 84 valence electrons. The zero-order valence-electron chi connectivity index (χ0n) is 10.5. The summed E-state index contributed by atoms with van der Waals surface area (Å²) in [6, 6.07) is 6.71. The van der Waals surface area contributed by atoms with Gasteiger partial charge < -0.3 is 4.90 Å². The molecule has 0 atom stereocenters. The van der Waals surface area contributed by atoms with Gasteiger partial charge in [-0.1, -0.05) is 39.0 Å². The van der Waals surface area contributed by atoms with Crippen molar-refractivity contribution in [2.45, 2.75) is 40.0 Å². The van der Waals surface area contributed by atoms with Gasteiger partial charge in [-0.3, -0.25) is 0 Å². The van der Waals surface area contributed by atoms with Gasteiger partial charge >= 0.3 is 0 Å². The monoisotopic (exact) mass is 205 g/mol. The maximum absolute atomic E-state index is 2.40. The second-order valence-corrected chi connectivity index (χ2v) is 3.80. The number of anilines is 1. The van der Waals surface area contributed by atoms with E-state index in [0.717, 1.165) is 6.42 Å². The van der Waals surface area contributed by atoms with Crippen LogP contribution in [0.1, 0.15) is 38.3 Å². The molecule has 0 N–H and O–H groups in total. The summed E-state index contributed by atoms with van der Waals surface area (Å²) in [7, 11) is 2.21. The molecule has 0 aliphatic carbocycles. The van der Waals surface area contributed by atoms with Crippen molar-refractivity contribution in [3.63, 3.8) is 0 Å². The van der Waals surface area contributed by atoms with Crippen molar-refractivity contribution in [1.29, 1.82) is 0 Å². The van der Waals surface area contributed by atoms with Gasteiger partial charge in [-0.15, -0.1) is 0 Å². The first-order chi connectivity index (χ1) is 7.33. The summed E-state index contributed by atoms with van der Waals surface area (Å²) >= 11 is 0. The minimum Gasteiger partial charge on any atom is -0.374 e. The molecule has 0 saturated carbocycles. The Bertz CT molecular complexity index is 290. The van der Waals surface area contributed by atoms with E-state index in [0.29, 0.717) is 0 Å². The lowest BCUT2D eigenvalue weighted by Gasteiger charge is -2.29. The van der Waals surface area contributed by atoms with E-state index in [1.807, 2.05) is 13.8 Å². The molecule has 0 unspecified atom stereocenters. The molecule has 0 aromatic heterocycles. The van der Waals surface area contributed by atoms with Crippen molar-refractivity contribution < 1.29 is 0 Å². The van der Waals surface area contributed by atoms with Gasteiger partial charge in [-0.2, -0.15) is 0 Å². The number of nitrogens with zero attached hydrogens (tertiary/aromatic N) is 1. The molecule has 1 aliphatic heterocycles. The van der Waals surface area contributed by atoms with Crippen molar-refractivity contribution >= 4 is 5.69 Å². The van der Waals surface area contributed by atoms with Gasteiger partial charge in [0.25, 0.3) is 0 Å². The van der Waals surface area contributed by atoms with Crippen LogP contribution >= 0.6 is 0 Å². The molecular formula is C14H23N. The van der Waals surface area contributed by atoms with E-state index in [9.17, 15) is 0 Å². The Hall–Kier alpha value is -0.980. The van der Waals surface area contributed by atoms with E-state index in [1.165, 1.54) is 36.2 Å². The summed E-state index contributed by atoms with van der Waals surface area (Å²) in [5.74, 6) is 0. The predicted octanol–water partition coefficient (Wildman–Crippen LogP) is 3.66. The number of benzene rings is 1. The largest absolute Gasteiger partial charge is 0.374 e. The molecule has 2 rings (SSSR count). The van der Waals surface area contributed by atoms with Crippen LogP contribution in [-0.2, 0) is 12.8 Å². The van der Waals surface area contributed by atoms with E-state index >= 15 is 0 Å². The third kappa shape index (κ3) is 2.53. The molecule has 0 bridgehead atoms. The predicted molar refractivity (Wildman–Crippen MR) is 68.8 cm³/mol. The second-order valence-electron chi connectivity index (χ2n) is 3.80. The van der Waals surface area contributed by atoms with Crippen LogP contribution in [-0.4, -0.2) is 13.6 Å². The number of rotatable bonds is 1. The summed E-state index contributed by atoms with van der Waals surface area (Å²) in [6.45, 7) is 7.45. The van der Waals surface area contributed by atoms with Gasteiger partial charge in [0, 0.05) is 19.3 Å².